The van der Waals surface area contributed by atoms with E-state index in [1.54, 1.807) is 36.4 Å². The van der Waals surface area contributed by atoms with Crippen LogP contribution in [0, 0.1) is 5.82 Å². The zero-order chi connectivity index (χ0) is 17.1. The van der Waals surface area contributed by atoms with Crippen molar-refractivity contribution in [3.8, 4) is 11.1 Å². The van der Waals surface area contributed by atoms with E-state index in [1.165, 1.54) is 23.5 Å². The van der Waals surface area contributed by atoms with E-state index < -0.39 is 0 Å². The second kappa shape index (κ2) is 7.16. The van der Waals surface area contributed by atoms with Crippen molar-refractivity contribution < 1.29 is 9.18 Å². The first-order valence-corrected chi connectivity index (χ1v) is 8.77. The fraction of sp³-hybridized carbons (Fsp3) is 0.105. The molecule has 122 valence electrons. The van der Waals surface area contributed by atoms with Crippen molar-refractivity contribution in [2.24, 2.45) is 0 Å². The smallest absolute Gasteiger partial charge is 0.256 e. The molecule has 1 amide bonds. The highest BCUT2D eigenvalue weighted by atomic mass is 35.5. The van der Waals surface area contributed by atoms with Crippen molar-refractivity contribution in [1.82, 2.24) is 0 Å². The average Bonchev–Trinajstić information content (AvgIpc) is 2.98. The highest BCUT2D eigenvalue weighted by molar-refractivity contribution is 7.15. The minimum atomic E-state index is -0.261. The summed E-state index contributed by atoms with van der Waals surface area (Å²) in [4.78, 5) is 12.4. The SMILES string of the molecule is CCc1c(-c2ccc(F)cc2)csc1NC(=O)c1ccc(Cl)cc1. The molecule has 0 atom stereocenters. The maximum absolute atomic E-state index is 13.1. The van der Waals surface area contributed by atoms with E-state index in [4.69, 9.17) is 11.6 Å². The topological polar surface area (TPSA) is 29.1 Å². The lowest BCUT2D eigenvalue weighted by molar-refractivity contribution is 0.102. The summed E-state index contributed by atoms with van der Waals surface area (Å²) < 4.78 is 13.1. The lowest BCUT2D eigenvalue weighted by atomic mass is 10.0. The van der Waals surface area contributed by atoms with Crippen molar-refractivity contribution >= 4 is 33.8 Å². The number of amides is 1. The lowest BCUT2D eigenvalue weighted by Crippen LogP contribution is -2.11. The Morgan fingerprint density at radius 3 is 2.42 bits per heavy atom. The van der Waals surface area contributed by atoms with Crippen molar-refractivity contribution in [3.63, 3.8) is 0 Å². The van der Waals surface area contributed by atoms with Crippen LogP contribution in [0.15, 0.2) is 53.9 Å². The number of carbonyl (C=O) groups excluding carboxylic acids is 1. The summed E-state index contributed by atoms with van der Waals surface area (Å²) >= 11 is 7.32. The van der Waals surface area contributed by atoms with Crippen molar-refractivity contribution in [2.45, 2.75) is 13.3 Å². The molecular formula is C19H15ClFNOS. The van der Waals surface area contributed by atoms with Crippen LogP contribution in [0.1, 0.15) is 22.8 Å². The third-order valence-electron chi connectivity index (χ3n) is 3.74. The molecule has 0 saturated carbocycles. The molecule has 0 fully saturated rings. The summed E-state index contributed by atoms with van der Waals surface area (Å²) in [6.45, 7) is 2.03. The summed E-state index contributed by atoms with van der Waals surface area (Å²) in [7, 11) is 0. The predicted octanol–water partition coefficient (Wildman–Crippen LogP) is 6.02. The van der Waals surface area contributed by atoms with E-state index in [0.717, 1.165) is 28.1 Å². The molecule has 0 aliphatic rings. The third-order valence-corrected chi connectivity index (χ3v) is 4.93. The molecule has 3 rings (SSSR count). The summed E-state index contributed by atoms with van der Waals surface area (Å²) in [6, 6.07) is 13.2. The first-order chi connectivity index (χ1) is 11.6. The fourth-order valence-electron chi connectivity index (χ4n) is 2.49. The molecule has 2 aromatic carbocycles. The van der Waals surface area contributed by atoms with Gasteiger partial charge in [0.1, 0.15) is 5.82 Å². The van der Waals surface area contributed by atoms with Gasteiger partial charge in [0, 0.05) is 16.0 Å². The van der Waals surface area contributed by atoms with Crippen molar-refractivity contribution in [1.29, 1.82) is 0 Å². The highest BCUT2D eigenvalue weighted by Gasteiger charge is 2.15. The van der Waals surface area contributed by atoms with Crippen LogP contribution < -0.4 is 5.32 Å². The normalized spacial score (nSPS) is 10.6. The predicted molar refractivity (Wildman–Crippen MR) is 98.5 cm³/mol. The van der Waals surface area contributed by atoms with Gasteiger partial charge in [-0.3, -0.25) is 4.79 Å². The summed E-state index contributed by atoms with van der Waals surface area (Å²) in [5, 5.41) is 6.36. The van der Waals surface area contributed by atoms with Gasteiger partial charge in [-0.05, 0) is 59.5 Å². The summed E-state index contributed by atoms with van der Waals surface area (Å²) in [5.41, 5.74) is 3.57. The van der Waals surface area contributed by atoms with Crippen LogP contribution in [0.2, 0.25) is 5.02 Å². The van der Waals surface area contributed by atoms with Gasteiger partial charge < -0.3 is 5.32 Å². The molecule has 1 N–H and O–H groups in total. The Morgan fingerprint density at radius 2 is 1.79 bits per heavy atom. The van der Waals surface area contributed by atoms with E-state index in [-0.39, 0.29) is 11.7 Å². The molecular weight excluding hydrogens is 345 g/mol. The number of hydrogen-bond donors (Lipinski definition) is 1. The van der Waals surface area contributed by atoms with Gasteiger partial charge in [0.2, 0.25) is 0 Å². The monoisotopic (exact) mass is 359 g/mol. The van der Waals surface area contributed by atoms with E-state index >= 15 is 0 Å². The van der Waals surface area contributed by atoms with Crippen LogP contribution >= 0.6 is 22.9 Å². The van der Waals surface area contributed by atoms with Crippen LogP contribution in [0.3, 0.4) is 0 Å². The van der Waals surface area contributed by atoms with Gasteiger partial charge in [0.05, 0.1) is 5.00 Å². The quantitative estimate of drug-likeness (QED) is 0.606. The van der Waals surface area contributed by atoms with Gasteiger partial charge in [-0.25, -0.2) is 4.39 Å². The number of thiophene rings is 1. The molecule has 0 radical (unpaired) electrons. The van der Waals surface area contributed by atoms with Gasteiger partial charge in [-0.2, -0.15) is 0 Å². The molecule has 0 spiro atoms. The number of halogens is 2. The standard InChI is InChI=1S/C19H15ClFNOS/c1-2-16-17(12-5-9-15(21)10-6-12)11-24-19(16)22-18(23)13-3-7-14(20)8-4-13/h3-11H,2H2,1H3,(H,22,23). The third kappa shape index (κ3) is 3.50. The molecule has 1 aromatic heterocycles. The highest BCUT2D eigenvalue weighted by Crippen LogP contribution is 2.36. The summed E-state index contributed by atoms with van der Waals surface area (Å²) in [5.74, 6) is -0.433. The molecule has 24 heavy (non-hydrogen) atoms. The Balaban J connectivity index is 1.88. The van der Waals surface area contributed by atoms with Gasteiger partial charge in [-0.1, -0.05) is 30.7 Å². The maximum Gasteiger partial charge on any atom is 0.256 e. The van der Waals surface area contributed by atoms with E-state index in [2.05, 4.69) is 5.32 Å². The number of anilines is 1. The van der Waals surface area contributed by atoms with Crippen LogP contribution in [-0.4, -0.2) is 5.91 Å². The molecule has 1 heterocycles. The number of carbonyl (C=O) groups is 1. The molecule has 5 heteroatoms. The van der Waals surface area contributed by atoms with Gasteiger partial charge in [0.25, 0.3) is 5.91 Å². The molecule has 2 nitrogen and oxygen atoms in total. The Hall–Kier alpha value is -2.17. The van der Waals surface area contributed by atoms with Gasteiger partial charge in [-0.15, -0.1) is 11.3 Å². The van der Waals surface area contributed by atoms with Gasteiger partial charge in [0.15, 0.2) is 0 Å². The summed E-state index contributed by atoms with van der Waals surface area (Å²) in [6.07, 6.45) is 0.770. The first-order valence-electron chi connectivity index (χ1n) is 7.51. The minimum Gasteiger partial charge on any atom is -0.313 e. The first kappa shape index (κ1) is 16.7. The number of rotatable bonds is 4. The fourth-order valence-corrected chi connectivity index (χ4v) is 3.67. The Labute approximate surface area is 148 Å². The average molecular weight is 360 g/mol. The van der Waals surface area contributed by atoms with Crippen LogP contribution in [-0.2, 0) is 6.42 Å². The molecule has 0 aliphatic carbocycles. The maximum atomic E-state index is 13.1. The van der Waals surface area contributed by atoms with Crippen molar-refractivity contribution in [2.75, 3.05) is 5.32 Å². The van der Waals surface area contributed by atoms with Crippen molar-refractivity contribution in [3.05, 3.63) is 75.9 Å². The Bertz CT molecular complexity index is 856. The molecule has 0 saturated heterocycles. The van der Waals surface area contributed by atoms with Crippen LogP contribution in [0.5, 0.6) is 0 Å². The number of benzene rings is 2. The Kier molecular flexibility index (Phi) is 4.97. The van der Waals surface area contributed by atoms with Gasteiger partial charge >= 0.3 is 0 Å². The largest absolute Gasteiger partial charge is 0.313 e. The zero-order valence-corrected chi connectivity index (χ0v) is 14.5. The molecule has 0 unspecified atom stereocenters. The van der Waals surface area contributed by atoms with Crippen LogP contribution in [0.25, 0.3) is 11.1 Å². The van der Waals surface area contributed by atoms with Crippen LogP contribution in [0.4, 0.5) is 9.39 Å². The second-order valence-corrected chi connectivity index (χ2v) is 6.59. The Morgan fingerprint density at radius 1 is 1.12 bits per heavy atom. The molecule has 3 aromatic rings. The molecule has 0 aliphatic heterocycles. The second-order valence-electron chi connectivity index (χ2n) is 5.28. The molecule has 0 bridgehead atoms. The van der Waals surface area contributed by atoms with E-state index in [0.29, 0.717) is 10.6 Å². The van der Waals surface area contributed by atoms with E-state index in [9.17, 15) is 9.18 Å². The van der Waals surface area contributed by atoms with E-state index in [1.807, 2.05) is 12.3 Å². The number of hydrogen-bond acceptors (Lipinski definition) is 2. The lowest BCUT2D eigenvalue weighted by Gasteiger charge is -2.08. The zero-order valence-electron chi connectivity index (χ0n) is 13.0. The minimum absolute atomic E-state index is 0.172. The number of nitrogens with one attached hydrogen (secondary N) is 1.